The van der Waals surface area contributed by atoms with Crippen LogP contribution in [-0.4, -0.2) is 31.5 Å². The van der Waals surface area contributed by atoms with Gasteiger partial charge in [-0.3, -0.25) is 0 Å². The standard InChI is InChI=1S/C13H27NO2/c1-11(2)16-10-12(14)13(15-3)8-6-4-5-7-9-13/h11-12H,4-10,14H2,1-3H3. The predicted octanol–water partition coefficient (Wildman–Crippen LogP) is 2.48. The molecule has 1 saturated carbocycles. The molecule has 3 nitrogen and oxygen atoms in total. The maximum Gasteiger partial charge on any atom is 0.0851 e. The molecule has 1 aliphatic rings. The molecule has 1 atom stereocenters. The van der Waals surface area contributed by atoms with Crippen LogP contribution >= 0.6 is 0 Å². The van der Waals surface area contributed by atoms with Gasteiger partial charge in [-0.2, -0.15) is 0 Å². The SMILES string of the molecule is COC1(C(N)COC(C)C)CCCCCC1. The minimum atomic E-state index is -0.147. The molecule has 1 unspecified atom stereocenters. The average molecular weight is 229 g/mol. The second kappa shape index (κ2) is 6.58. The molecule has 0 radical (unpaired) electrons. The van der Waals surface area contributed by atoms with Gasteiger partial charge in [-0.15, -0.1) is 0 Å². The molecule has 0 amide bonds. The zero-order valence-corrected chi connectivity index (χ0v) is 11.0. The van der Waals surface area contributed by atoms with Crippen LogP contribution in [0.25, 0.3) is 0 Å². The maximum absolute atomic E-state index is 6.26. The Morgan fingerprint density at radius 1 is 1.12 bits per heavy atom. The minimum absolute atomic E-state index is 0.00185. The summed E-state index contributed by atoms with van der Waals surface area (Å²) < 4.78 is 11.4. The fraction of sp³-hybridized carbons (Fsp3) is 1.00. The first kappa shape index (κ1) is 13.9. The first-order valence-electron chi connectivity index (χ1n) is 6.53. The van der Waals surface area contributed by atoms with Crippen LogP contribution in [0.1, 0.15) is 52.4 Å². The number of nitrogens with two attached hydrogens (primary N) is 1. The molecule has 3 heteroatoms. The molecule has 1 fully saturated rings. The van der Waals surface area contributed by atoms with Crippen molar-refractivity contribution in [3.8, 4) is 0 Å². The van der Waals surface area contributed by atoms with Crippen molar-refractivity contribution in [3.63, 3.8) is 0 Å². The van der Waals surface area contributed by atoms with Crippen LogP contribution < -0.4 is 5.73 Å². The molecular formula is C13H27NO2. The molecule has 1 rings (SSSR count). The topological polar surface area (TPSA) is 44.5 Å². The third kappa shape index (κ3) is 3.72. The first-order valence-corrected chi connectivity index (χ1v) is 6.53. The van der Waals surface area contributed by atoms with Crippen LogP contribution in [0.15, 0.2) is 0 Å². The van der Waals surface area contributed by atoms with E-state index in [4.69, 9.17) is 15.2 Å². The zero-order valence-electron chi connectivity index (χ0n) is 11.0. The quantitative estimate of drug-likeness (QED) is 0.737. The summed E-state index contributed by atoms with van der Waals surface area (Å²) >= 11 is 0. The van der Waals surface area contributed by atoms with Gasteiger partial charge >= 0.3 is 0 Å². The molecule has 0 aliphatic heterocycles. The number of ether oxygens (including phenoxy) is 2. The molecule has 0 aromatic rings. The molecule has 1 aliphatic carbocycles. The van der Waals surface area contributed by atoms with Gasteiger partial charge in [0.1, 0.15) is 0 Å². The Kier molecular flexibility index (Phi) is 5.73. The number of hydrogen-bond acceptors (Lipinski definition) is 3. The van der Waals surface area contributed by atoms with Gasteiger partial charge in [-0.25, -0.2) is 0 Å². The van der Waals surface area contributed by atoms with E-state index >= 15 is 0 Å². The van der Waals surface area contributed by atoms with E-state index in [1.54, 1.807) is 7.11 Å². The van der Waals surface area contributed by atoms with Crippen molar-refractivity contribution in [2.75, 3.05) is 13.7 Å². The van der Waals surface area contributed by atoms with Crippen LogP contribution in [0, 0.1) is 0 Å². The van der Waals surface area contributed by atoms with Crippen molar-refractivity contribution < 1.29 is 9.47 Å². The van der Waals surface area contributed by atoms with Crippen molar-refractivity contribution in [2.24, 2.45) is 5.73 Å². The minimum Gasteiger partial charge on any atom is -0.377 e. The lowest BCUT2D eigenvalue weighted by Crippen LogP contribution is -2.52. The van der Waals surface area contributed by atoms with E-state index in [1.165, 1.54) is 25.7 Å². The third-order valence-electron chi connectivity index (χ3n) is 3.64. The van der Waals surface area contributed by atoms with E-state index in [2.05, 4.69) is 0 Å². The molecular weight excluding hydrogens is 202 g/mol. The Bertz CT molecular complexity index is 186. The van der Waals surface area contributed by atoms with Crippen LogP contribution in [0.4, 0.5) is 0 Å². The van der Waals surface area contributed by atoms with Crippen molar-refractivity contribution >= 4 is 0 Å². The summed E-state index contributed by atoms with van der Waals surface area (Å²) in [5.41, 5.74) is 6.11. The molecule has 0 bridgehead atoms. The van der Waals surface area contributed by atoms with Gasteiger partial charge < -0.3 is 15.2 Å². The van der Waals surface area contributed by atoms with E-state index < -0.39 is 0 Å². The maximum atomic E-state index is 6.26. The largest absolute Gasteiger partial charge is 0.377 e. The third-order valence-corrected chi connectivity index (χ3v) is 3.64. The van der Waals surface area contributed by atoms with Crippen LogP contribution in [0.2, 0.25) is 0 Å². The number of methoxy groups -OCH3 is 1. The van der Waals surface area contributed by atoms with Gasteiger partial charge in [-0.05, 0) is 26.7 Å². The highest BCUT2D eigenvalue weighted by Crippen LogP contribution is 2.32. The summed E-state index contributed by atoms with van der Waals surface area (Å²) in [6.45, 7) is 4.68. The highest BCUT2D eigenvalue weighted by Gasteiger charge is 2.37. The van der Waals surface area contributed by atoms with Crippen molar-refractivity contribution in [2.45, 2.75) is 70.1 Å². The summed E-state index contributed by atoms with van der Waals surface area (Å²) in [4.78, 5) is 0. The van der Waals surface area contributed by atoms with Crippen LogP contribution in [0.3, 0.4) is 0 Å². The summed E-state index contributed by atoms with van der Waals surface area (Å²) in [7, 11) is 1.79. The number of hydrogen-bond donors (Lipinski definition) is 1. The van der Waals surface area contributed by atoms with Crippen molar-refractivity contribution in [3.05, 3.63) is 0 Å². The van der Waals surface area contributed by atoms with Crippen molar-refractivity contribution in [1.82, 2.24) is 0 Å². The molecule has 2 N–H and O–H groups in total. The molecule has 16 heavy (non-hydrogen) atoms. The lowest BCUT2D eigenvalue weighted by molar-refractivity contribution is -0.0699. The average Bonchev–Trinajstić information content (AvgIpc) is 2.51. The highest BCUT2D eigenvalue weighted by atomic mass is 16.5. The second-order valence-electron chi connectivity index (χ2n) is 5.17. The molecule has 96 valence electrons. The number of rotatable bonds is 5. The van der Waals surface area contributed by atoms with E-state index in [1.807, 2.05) is 13.8 Å². The summed E-state index contributed by atoms with van der Waals surface area (Å²) in [5.74, 6) is 0. The molecule has 0 spiro atoms. The van der Waals surface area contributed by atoms with Gasteiger partial charge in [0.2, 0.25) is 0 Å². The molecule has 0 aromatic carbocycles. The van der Waals surface area contributed by atoms with Gasteiger partial charge in [-0.1, -0.05) is 25.7 Å². The second-order valence-corrected chi connectivity index (χ2v) is 5.17. The zero-order chi connectivity index (χ0) is 12.0. The Morgan fingerprint density at radius 2 is 1.69 bits per heavy atom. The Hall–Kier alpha value is -0.120. The fourth-order valence-electron chi connectivity index (χ4n) is 2.50. The molecule has 0 heterocycles. The summed E-state index contributed by atoms with van der Waals surface area (Å²) in [6, 6.07) is -0.00185. The van der Waals surface area contributed by atoms with Gasteiger partial charge in [0.15, 0.2) is 0 Å². The highest BCUT2D eigenvalue weighted by molar-refractivity contribution is 4.92. The Morgan fingerprint density at radius 3 is 2.12 bits per heavy atom. The lowest BCUT2D eigenvalue weighted by atomic mass is 9.87. The smallest absolute Gasteiger partial charge is 0.0851 e. The Balaban J connectivity index is 2.54. The van der Waals surface area contributed by atoms with Crippen LogP contribution in [-0.2, 0) is 9.47 Å². The van der Waals surface area contributed by atoms with Gasteiger partial charge in [0.05, 0.1) is 24.4 Å². The Labute approximate surface area is 99.7 Å². The van der Waals surface area contributed by atoms with E-state index in [0.29, 0.717) is 6.61 Å². The predicted molar refractivity (Wildman–Crippen MR) is 66.5 cm³/mol. The van der Waals surface area contributed by atoms with Crippen LogP contribution in [0.5, 0.6) is 0 Å². The fourth-order valence-corrected chi connectivity index (χ4v) is 2.50. The van der Waals surface area contributed by atoms with E-state index in [9.17, 15) is 0 Å². The van der Waals surface area contributed by atoms with E-state index in [0.717, 1.165) is 12.8 Å². The summed E-state index contributed by atoms with van der Waals surface area (Å²) in [5, 5.41) is 0. The van der Waals surface area contributed by atoms with Gasteiger partial charge in [0.25, 0.3) is 0 Å². The van der Waals surface area contributed by atoms with E-state index in [-0.39, 0.29) is 17.7 Å². The van der Waals surface area contributed by atoms with Gasteiger partial charge in [0, 0.05) is 7.11 Å². The lowest BCUT2D eigenvalue weighted by Gasteiger charge is -2.37. The first-order chi connectivity index (χ1) is 7.60. The normalized spacial score (nSPS) is 23.1. The molecule has 0 saturated heterocycles. The van der Waals surface area contributed by atoms with Crippen molar-refractivity contribution in [1.29, 1.82) is 0 Å². The monoisotopic (exact) mass is 229 g/mol. The summed E-state index contributed by atoms with van der Waals surface area (Å²) in [6.07, 6.45) is 7.46. The molecule has 0 aromatic heterocycles.